The summed E-state index contributed by atoms with van der Waals surface area (Å²) in [5.74, 6) is 0.0904. The summed E-state index contributed by atoms with van der Waals surface area (Å²) in [4.78, 5) is 11.9. The quantitative estimate of drug-likeness (QED) is 0.766. The topological polar surface area (TPSA) is 76.4 Å². The van der Waals surface area contributed by atoms with Crippen LogP contribution in [0.2, 0.25) is 0 Å². The zero-order valence-corrected chi connectivity index (χ0v) is 9.32. The van der Waals surface area contributed by atoms with Crippen LogP contribution < -0.4 is 10.6 Å². The third-order valence-corrected chi connectivity index (χ3v) is 2.66. The summed E-state index contributed by atoms with van der Waals surface area (Å²) in [6, 6.07) is 1.74. The van der Waals surface area contributed by atoms with E-state index in [9.17, 15) is 4.79 Å². The van der Waals surface area contributed by atoms with Gasteiger partial charge in [-0.25, -0.2) is 0 Å². The molecule has 0 saturated carbocycles. The largest absolute Gasteiger partial charge is 0.379 e. The van der Waals surface area contributed by atoms with E-state index >= 15 is 0 Å². The van der Waals surface area contributed by atoms with Crippen LogP contribution in [-0.2, 0) is 9.53 Å². The van der Waals surface area contributed by atoms with E-state index in [2.05, 4.69) is 15.8 Å². The number of hydrogen-bond donors (Lipinski definition) is 2. The molecule has 16 heavy (non-hydrogen) atoms. The average molecular weight is 225 g/mol. The first kappa shape index (κ1) is 11.1. The first-order valence-corrected chi connectivity index (χ1v) is 5.20. The summed E-state index contributed by atoms with van der Waals surface area (Å²) < 4.78 is 10.2. The van der Waals surface area contributed by atoms with E-state index in [1.165, 1.54) is 0 Å². The minimum Gasteiger partial charge on any atom is -0.379 e. The molecule has 88 valence electrons. The molecule has 2 heterocycles. The van der Waals surface area contributed by atoms with E-state index in [1.807, 2.05) is 7.05 Å². The predicted molar refractivity (Wildman–Crippen MR) is 57.0 cm³/mol. The van der Waals surface area contributed by atoms with E-state index in [0.717, 1.165) is 5.69 Å². The van der Waals surface area contributed by atoms with Crippen molar-refractivity contribution in [1.82, 2.24) is 10.5 Å². The number of anilines is 1. The van der Waals surface area contributed by atoms with E-state index in [-0.39, 0.29) is 17.9 Å². The molecule has 0 bridgehead atoms. The molecule has 2 unspecified atom stereocenters. The third-order valence-electron chi connectivity index (χ3n) is 2.66. The number of hydrogen-bond acceptors (Lipinski definition) is 5. The van der Waals surface area contributed by atoms with Gasteiger partial charge in [0.2, 0.25) is 11.8 Å². The van der Waals surface area contributed by atoms with E-state index in [4.69, 9.17) is 9.26 Å². The summed E-state index contributed by atoms with van der Waals surface area (Å²) in [5, 5.41) is 9.43. The van der Waals surface area contributed by atoms with Crippen molar-refractivity contribution in [3.05, 3.63) is 11.8 Å². The summed E-state index contributed by atoms with van der Waals surface area (Å²) >= 11 is 0. The van der Waals surface area contributed by atoms with Crippen molar-refractivity contribution in [2.45, 2.75) is 13.0 Å². The van der Waals surface area contributed by atoms with Gasteiger partial charge in [0.05, 0.1) is 24.8 Å². The fourth-order valence-electron chi connectivity index (χ4n) is 1.73. The van der Waals surface area contributed by atoms with Crippen LogP contribution >= 0.6 is 0 Å². The fraction of sp³-hybridized carbons (Fsp3) is 0.600. The number of carbonyl (C=O) groups is 1. The molecule has 1 fully saturated rings. The van der Waals surface area contributed by atoms with Gasteiger partial charge in [0, 0.05) is 12.1 Å². The van der Waals surface area contributed by atoms with Gasteiger partial charge < -0.3 is 14.6 Å². The second-order valence-corrected chi connectivity index (χ2v) is 3.86. The Morgan fingerprint density at radius 1 is 1.56 bits per heavy atom. The molecule has 2 atom stereocenters. The monoisotopic (exact) mass is 225 g/mol. The van der Waals surface area contributed by atoms with Crippen molar-refractivity contribution < 1.29 is 14.1 Å². The molecule has 1 aromatic rings. The van der Waals surface area contributed by atoms with Crippen molar-refractivity contribution in [3.63, 3.8) is 0 Å². The number of nitrogens with one attached hydrogen (secondary N) is 2. The predicted octanol–water partition coefficient (Wildman–Crippen LogP) is 0.156. The number of amides is 1. The Balaban J connectivity index is 1.97. The first-order chi connectivity index (χ1) is 7.70. The lowest BCUT2D eigenvalue weighted by Crippen LogP contribution is -2.39. The molecule has 1 aliphatic rings. The van der Waals surface area contributed by atoms with Crippen LogP contribution in [0.5, 0.6) is 0 Å². The Labute approximate surface area is 93.3 Å². The van der Waals surface area contributed by atoms with Crippen molar-refractivity contribution >= 4 is 11.8 Å². The number of likely N-dealkylation sites (N-methyl/N-ethyl adjacent to an activating group) is 1. The molecule has 6 nitrogen and oxygen atoms in total. The SMILES string of the molecule is CNC1COCC1C(=O)Nc1cc(C)no1. The van der Waals surface area contributed by atoms with Crippen LogP contribution in [0, 0.1) is 12.8 Å². The number of carbonyl (C=O) groups excluding carboxylic acids is 1. The van der Waals surface area contributed by atoms with Gasteiger partial charge in [0.25, 0.3) is 0 Å². The molecule has 0 radical (unpaired) electrons. The van der Waals surface area contributed by atoms with Gasteiger partial charge in [-0.3, -0.25) is 10.1 Å². The van der Waals surface area contributed by atoms with Crippen LogP contribution in [-0.4, -0.2) is 37.4 Å². The smallest absolute Gasteiger partial charge is 0.233 e. The summed E-state index contributed by atoms with van der Waals surface area (Å²) in [6.45, 7) is 2.79. The van der Waals surface area contributed by atoms with Crippen LogP contribution in [0.15, 0.2) is 10.6 Å². The molecule has 1 aliphatic heterocycles. The highest BCUT2D eigenvalue weighted by Gasteiger charge is 2.33. The van der Waals surface area contributed by atoms with Gasteiger partial charge >= 0.3 is 0 Å². The minimum absolute atomic E-state index is 0.0593. The Morgan fingerprint density at radius 2 is 2.38 bits per heavy atom. The van der Waals surface area contributed by atoms with Gasteiger partial charge in [0.15, 0.2) is 0 Å². The molecule has 0 spiro atoms. The second kappa shape index (κ2) is 4.63. The number of aryl methyl sites for hydroxylation is 1. The van der Waals surface area contributed by atoms with Crippen LogP contribution in [0.25, 0.3) is 0 Å². The van der Waals surface area contributed by atoms with Crippen LogP contribution in [0.1, 0.15) is 5.69 Å². The Hall–Kier alpha value is -1.40. The van der Waals surface area contributed by atoms with E-state index in [0.29, 0.717) is 19.1 Å². The normalized spacial score (nSPS) is 24.6. The molecule has 0 aliphatic carbocycles. The molecule has 1 amide bonds. The lowest BCUT2D eigenvalue weighted by molar-refractivity contribution is -0.120. The second-order valence-electron chi connectivity index (χ2n) is 3.86. The number of nitrogens with zero attached hydrogens (tertiary/aromatic N) is 1. The lowest BCUT2D eigenvalue weighted by Gasteiger charge is -2.14. The van der Waals surface area contributed by atoms with Gasteiger partial charge in [-0.1, -0.05) is 5.16 Å². The molecule has 0 aromatic carbocycles. The average Bonchev–Trinajstić information content (AvgIpc) is 2.86. The Morgan fingerprint density at radius 3 is 3.00 bits per heavy atom. The lowest BCUT2D eigenvalue weighted by atomic mass is 10.0. The van der Waals surface area contributed by atoms with Crippen LogP contribution in [0.4, 0.5) is 5.88 Å². The Kier molecular flexibility index (Phi) is 3.21. The number of rotatable bonds is 3. The van der Waals surface area contributed by atoms with Gasteiger partial charge in [-0.2, -0.15) is 0 Å². The summed E-state index contributed by atoms with van der Waals surface area (Å²) in [5.41, 5.74) is 0.739. The summed E-state index contributed by atoms with van der Waals surface area (Å²) in [6.07, 6.45) is 0. The third kappa shape index (κ3) is 2.23. The molecular weight excluding hydrogens is 210 g/mol. The minimum atomic E-state index is -0.185. The zero-order valence-electron chi connectivity index (χ0n) is 9.32. The van der Waals surface area contributed by atoms with Crippen molar-refractivity contribution in [3.8, 4) is 0 Å². The van der Waals surface area contributed by atoms with Gasteiger partial charge in [-0.05, 0) is 14.0 Å². The van der Waals surface area contributed by atoms with Gasteiger partial charge in [0.1, 0.15) is 0 Å². The highest BCUT2D eigenvalue weighted by molar-refractivity contribution is 5.92. The van der Waals surface area contributed by atoms with Crippen molar-refractivity contribution in [2.24, 2.45) is 5.92 Å². The van der Waals surface area contributed by atoms with E-state index in [1.54, 1.807) is 13.0 Å². The highest BCUT2D eigenvalue weighted by Crippen LogP contribution is 2.17. The maximum Gasteiger partial charge on any atom is 0.233 e. The maximum absolute atomic E-state index is 11.9. The summed E-state index contributed by atoms with van der Waals surface area (Å²) in [7, 11) is 1.82. The van der Waals surface area contributed by atoms with E-state index < -0.39 is 0 Å². The standard InChI is InChI=1S/C10H15N3O3/c1-6-3-9(16-13-6)12-10(14)7-4-15-5-8(7)11-2/h3,7-8,11H,4-5H2,1-2H3,(H,12,14). The fourth-order valence-corrected chi connectivity index (χ4v) is 1.73. The van der Waals surface area contributed by atoms with Crippen molar-refractivity contribution in [1.29, 1.82) is 0 Å². The van der Waals surface area contributed by atoms with Gasteiger partial charge in [-0.15, -0.1) is 0 Å². The molecule has 1 saturated heterocycles. The first-order valence-electron chi connectivity index (χ1n) is 5.20. The molecule has 1 aromatic heterocycles. The number of ether oxygens (including phenoxy) is 1. The number of aromatic nitrogens is 1. The maximum atomic E-state index is 11.9. The zero-order chi connectivity index (χ0) is 11.5. The van der Waals surface area contributed by atoms with Crippen LogP contribution in [0.3, 0.4) is 0 Å². The molecular formula is C10H15N3O3. The molecule has 2 rings (SSSR count). The molecule has 6 heteroatoms. The Bertz CT molecular complexity index is 377. The molecule has 2 N–H and O–H groups in total. The highest BCUT2D eigenvalue weighted by atomic mass is 16.5. The van der Waals surface area contributed by atoms with Crippen molar-refractivity contribution in [2.75, 3.05) is 25.6 Å².